The molecule has 0 radical (unpaired) electrons. The molecule has 2 rings (SSSR count). The van der Waals surface area contributed by atoms with Gasteiger partial charge in [-0.25, -0.2) is 9.18 Å². The number of aromatic hydroxyl groups is 1. The number of hydrogen-bond donors (Lipinski definition) is 2. The number of carbonyl (C=O) groups is 1. The molecule has 0 aliphatic rings. The number of rotatable bonds is 2. The van der Waals surface area contributed by atoms with Crippen LogP contribution in [0.5, 0.6) is 5.75 Å². The van der Waals surface area contributed by atoms with Crippen LogP contribution in [0, 0.1) is 5.82 Å². The minimum Gasteiger partial charge on any atom is -0.505 e. The van der Waals surface area contributed by atoms with E-state index in [1.54, 1.807) is 0 Å². The molecule has 1 heterocycles. The topological polar surface area (TPSA) is 87.7 Å². The number of aliphatic carboxylic acids is 1. The first kappa shape index (κ1) is 12.1. The Kier molecular flexibility index (Phi) is 2.78. The van der Waals surface area contributed by atoms with Crippen molar-refractivity contribution in [1.82, 2.24) is 0 Å². The van der Waals surface area contributed by atoms with Crippen LogP contribution in [0.3, 0.4) is 0 Å². The van der Waals surface area contributed by atoms with E-state index in [0.717, 1.165) is 12.1 Å². The summed E-state index contributed by atoms with van der Waals surface area (Å²) in [5.41, 5.74) is -0.885. The van der Waals surface area contributed by atoms with Crippen LogP contribution in [0.25, 0.3) is 11.0 Å². The summed E-state index contributed by atoms with van der Waals surface area (Å²) in [6.07, 6.45) is 0. The van der Waals surface area contributed by atoms with Crippen LogP contribution < -0.4 is 5.63 Å². The number of phenols is 1. The third kappa shape index (κ3) is 1.92. The minimum atomic E-state index is -1.18. The fraction of sp³-hybridized carbons (Fsp3) is 0.167. The molecule has 1 unspecified atom stereocenters. The molecule has 0 fully saturated rings. The summed E-state index contributed by atoms with van der Waals surface area (Å²) in [6, 6.07) is 3.20. The van der Waals surface area contributed by atoms with Crippen molar-refractivity contribution in [2.24, 2.45) is 0 Å². The van der Waals surface area contributed by atoms with Crippen molar-refractivity contribution in [1.29, 1.82) is 0 Å². The van der Waals surface area contributed by atoms with Crippen LogP contribution in [0.2, 0.25) is 0 Å². The predicted octanol–water partition coefficient (Wildman–Crippen LogP) is 1.83. The monoisotopic (exact) mass is 252 g/mol. The van der Waals surface area contributed by atoms with Gasteiger partial charge in [0.2, 0.25) is 0 Å². The van der Waals surface area contributed by atoms with E-state index < -0.39 is 29.1 Å². The number of phenolic OH excluding ortho intramolecular Hbond substituents is 1. The van der Waals surface area contributed by atoms with Crippen LogP contribution in [-0.2, 0) is 4.79 Å². The van der Waals surface area contributed by atoms with Gasteiger partial charge in [0.15, 0.2) is 11.6 Å². The van der Waals surface area contributed by atoms with Gasteiger partial charge in [-0.05, 0) is 19.1 Å². The largest absolute Gasteiger partial charge is 0.505 e. The van der Waals surface area contributed by atoms with E-state index in [1.165, 1.54) is 13.0 Å². The highest BCUT2D eigenvalue weighted by Gasteiger charge is 2.19. The molecule has 0 aliphatic heterocycles. The summed E-state index contributed by atoms with van der Waals surface area (Å²) in [5, 5.41) is 18.2. The molecule has 1 aromatic carbocycles. The van der Waals surface area contributed by atoms with Gasteiger partial charge < -0.3 is 14.6 Å². The standard InChI is InChI=1S/C12H9FO5/c1-5(11(15)16)7-2-6-3-8(13)9(14)4-10(6)18-12(7)17/h2-5,14H,1H3,(H,15,16). The Bertz CT molecular complexity index is 689. The fourth-order valence-corrected chi connectivity index (χ4v) is 1.58. The summed E-state index contributed by atoms with van der Waals surface area (Å²) in [4.78, 5) is 22.4. The Balaban J connectivity index is 2.72. The molecule has 18 heavy (non-hydrogen) atoms. The van der Waals surface area contributed by atoms with E-state index in [0.29, 0.717) is 0 Å². The molecule has 0 spiro atoms. The smallest absolute Gasteiger partial charge is 0.340 e. The summed E-state index contributed by atoms with van der Waals surface area (Å²) < 4.78 is 18.0. The first-order chi connectivity index (χ1) is 8.40. The average molecular weight is 252 g/mol. The molecule has 0 aliphatic carbocycles. The zero-order chi connectivity index (χ0) is 13.4. The van der Waals surface area contributed by atoms with E-state index in [-0.39, 0.29) is 16.5 Å². The highest BCUT2D eigenvalue weighted by molar-refractivity contribution is 5.81. The van der Waals surface area contributed by atoms with E-state index in [2.05, 4.69) is 0 Å². The minimum absolute atomic E-state index is 0.000221. The van der Waals surface area contributed by atoms with Gasteiger partial charge in [-0.15, -0.1) is 0 Å². The molecule has 1 aromatic heterocycles. The Hall–Kier alpha value is -2.37. The summed E-state index contributed by atoms with van der Waals surface area (Å²) in [6.45, 7) is 1.33. The van der Waals surface area contributed by atoms with Crippen molar-refractivity contribution in [3.63, 3.8) is 0 Å². The van der Waals surface area contributed by atoms with E-state index in [1.807, 2.05) is 0 Å². The van der Waals surface area contributed by atoms with Crippen LogP contribution in [-0.4, -0.2) is 16.2 Å². The van der Waals surface area contributed by atoms with Crippen LogP contribution in [0.4, 0.5) is 4.39 Å². The molecule has 2 N–H and O–H groups in total. The molecule has 6 heteroatoms. The molecule has 0 saturated heterocycles. The van der Waals surface area contributed by atoms with Crippen molar-refractivity contribution >= 4 is 16.9 Å². The molecule has 0 saturated carbocycles. The lowest BCUT2D eigenvalue weighted by Gasteiger charge is -2.06. The first-order valence-electron chi connectivity index (χ1n) is 5.09. The lowest BCUT2D eigenvalue weighted by Crippen LogP contribution is -2.16. The molecular formula is C12H9FO5. The maximum atomic E-state index is 13.2. The first-order valence-corrected chi connectivity index (χ1v) is 5.09. The van der Waals surface area contributed by atoms with Gasteiger partial charge in [-0.3, -0.25) is 4.79 Å². The van der Waals surface area contributed by atoms with Crippen LogP contribution in [0.1, 0.15) is 18.4 Å². The molecule has 2 aromatic rings. The Morgan fingerprint density at radius 1 is 1.39 bits per heavy atom. The molecule has 0 amide bonds. The van der Waals surface area contributed by atoms with E-state index in [4.69, 9.17) is 14.6 Å². The third-order valence-electron chi connectivity index (χ3n) is 2.67. The summed E-state index contributed by atoms with van der Waals surface area (Å²) in [5.74, 6) is -3.74. The van der Waals surface area contributed by atoms with Crippen molar-refractivity contribution in [2.45, 2.75) is 12.8 Å². The Morgan fingerprint density at radius 3 is 2.67 bits per heavy atom. The molecule has 1 atom stereocenters. The van der Waals surface area contributed by atoms with Gasteiger partial charge in [-0.1, -0.05) is 0 Å². The zero-order valence-corrected chi connectivity index (χ0v) is 9.31. The summed E-state index contributed by atoms with van der Waals surface area (Å²) >= 11 is 0. The lowest BCUT2D eigenvalue weighted by molar-refractivity contribution is -0.138. The van der Waals surface area contributed by atoms with Gasteiger partial charge >= 0.3 is 11.6 Å². The number of hydrogen-bond acceptors (Lipinski definition) is 4. The Morgan fingerprint density at radius 2 is 2.06 bits per heavy atom. The van der Waals surface area contributed by atoms with Crippen LogP contribution >= 0.6 is 0 Å². The number of carboxylic acid groups (broad SMARTS) is 1. The Labute approximate surface area is 100 Å². The lowest BCUT2D eigenvalue weighted by atomic mass is 10.0. The maximum Gasteiger partial charge on any atom is 0.340 e. The van der Waals surface area contributed by atoms with Gasteiger partial charge in [-0.2, -0.15) is 0 Å². The highest BCUT2D eigenvalue weighted by atomic mass is 19.1. The van der Waals surface area contributed by atoms with Gasteiger partial charge in [0.1, 0.15) is 5.58 Å². The highest BCUT2D eigenvalue weighted by Crippen LogP contribution is 2.25. The van der Waals surface area contributed by atoms with Crippen molar-refractivity contribution < 1.29 is 23.8 Å². The second-order valence-electron chi connectivity index (χ2n) is 3.89. The molecular weight excluding hydrogens is 243 g/mol. The van der Waals surface area contributed by atoms with Gasteiger partial charge in [0.25, 0.3) is 0 Å². The van der Waals surface area contributed by atoms with Crippen molar-refractivity contribution in [2.75, 3.05) is 0 Å². The molecule has 94 valence electrons. The predicted molar refractivity (Wildman–Crippen MR) is 60.2 cm³/mol. The average Bonchev–Trinajstić information content (AvgIpc) is 2.29. The van der Waals surface area contributed by atoms with Crippen LogP contribution in [0.15, 0.2) is 27.4 Å². The second kappa shape index (κ2) is 4.14. The number of carboxylic acids is 1. The van der Waals surface area contributed by atoms with Crippen molar-refractivity contribution in [3.05, 3.63) is 40.0 Å². The van der Waals surface area contributed by atoms with Gasteiger partial charge in [0, 0.05) is 11.5 Å². The zero-order valence-electron chi connectivity index (χ0n) is 9.31. The van der Waals surface area contributed by atoms with E-state index >= 15 is 0 Å². The second-order valence-corrected chi connectivity index (χ2v) is 3.89. The van der Waals surface area contributed by atoms with Crippen molar-refractivity contribution in [3.8, 4) is 5.75 Å². The molecule has 5 nitrogen and oxygen atoms in total. The third-order valence-corrected chi connectivity index (χ3v) is 2.67. The normalized spacial score (nSPS) is 12.6. The van der Waals surface area contributed by atoms with E-state index in [9.17, 15) is 14.0 Å². The number of fused-ring (bicyclic) bond motifs is 1. The number of benzene rings is 1. The quantitative estimate of drug-likeness (QED) is 0.796. The fourth-order valence-electron chi connectivity index (χ4n) is 1.58. The summed E-state index contributed by atoms with van der Waals surface area (Å²) in [7, 11) is 0. The van der Waals surface area contributed by atoms with Gasteiger partial charge in [0.05, 0.1) is 11.5 Å². The number of halogens is 1. The molecule has 0 bridgehead atoms. The SMILES string of the molecule is CC(C(=O)O)c1cc2cc(F)c(O)cc2oc1=O. The maximum absolute atomic E-state index is 13.2.